The molecule has 1 rings (SSSR count). The highest BCUT2D eigenvalue weighted by atomic mass is 16.4. The van der Waals surface area contributed by atoms with Crippen LogP contribution in [-0.4, -0.2) is 20.7 Å². The highest BCUT2D eigenvalue weighted by Gasteiger charge is 1.98. The van der Waals surface area contributed by atoms with E-state index in [9.17, 15) is 0 Å². The Hall–Kier alpha value is -1.32. The molecule has 0 aliphatic carbocycles. The third kappa shape index (κ3) is 1.15. The number of nitrogens with zero attached hydrogens (tertiary/aromatic N) is 3. The molecule has 0 aromatic carbocycles. The Morgan fingerprint density at radius 2 is 2.50 bits per heavy atom. The fraction of sp³-hybridized carbons (Fsp3) is 0.333. The largest absolute Gasteiger partial charge is 0.411 e. The molecule has 0 fully saturated rings. The topological polar surface area (TPSA) is 50.4 Å². The maximum atomic E-state index is 8.35. The van der Waals surface area contributed by atoms with Crippen molar-refractivity contribution < 1.29 is 5.21 Å². The third-order valence-electron chi connectivity index (χ3n) is 1.27. The normalized spacial score (nSPS) is 12.0. The molecule has 0 radical (unpaired) electrons. The van der Waals surface area contributed by atoms with Gasteiger partial charge in [-0.3, -0.25) is 4.68 Å². The van der Waals surface area contributed by atoms with Crippen molar-refractivity contribution in [2.24, 2.45) is 12.2 Å². The van der Waals surface area contributed by atoms with Gasteiger partial charge in [-0.25, -0.2) is 0 Å². The molecule has 54 valence electrons. The van der Waals surface area contributed by atoms with Crippen LogP contribution in [0.4, 0.5) is 0 Å². The second-order valence-corrected chi connectivity index (χ2v) is 2.09. The maximum Gasteiger partial charge on any atom is 0.0868 e. The van der Waals surface area contributed by atoms with Gasteiger partial charge in [0, 0.05) is 18.8 Å². The van der Waals surface area contributed by atoms with Crippen LogP contribution in [0, 0.1) is 0 Å². The van der Waals surface area contributed by atoms with Crippen LogP contribution in [-0.2, 0) is 7.05 Å². The molecular weight excluding hydrogens is 130 g/mol. The first-order valence-electron chi connectivity index (χ1n) is 2.91. The monoisotopic (exact) mass is 139 g/mol. The van der Waals surface area contributed by atoms with E-state index >= 15 is 0 Å². The van der Waals surface area contributed by atoms with Gasteiger partial charge in [0.05, 0.1) is 11.9 Å². The van der Waals surface area contributed by atoms with Gasteiger partial charge in [-0.2, -0.15) is 5.10 Å². The number of oxime groups is 1. The lowest BCUT2D eigenvalue weighted by molar-refractivity contribution is 0.319. The van der Waals surface area contributed by atoms with Crippen LogP contribution < -0.4 is 0 Å². The molecule has 0 saturated carbocycles. The van der Waals surface area contributed by atoms with Crippen molar-refractivity contribution in [2.45, 2.75) is 6.92 Å². The maximum absolute atomic E-state index is 8.35. The summed E-state index contributed by atoms with van der Waals surface area (Å²) in [6.07, 6.45) is 3.43. The van der Waals surface area contributed by atoms with E-state index in [2.05, 4.69) is 10.3 Å². The lowest BCUT2D eigenvalue weighted by Gasteiger charge is -1.87. The molecule has 0 bridgehead atoms. The summed E-state index contributed by atoms with van der Waals surface area (Å²) in [5, 5.41) is 15.3. The van der Waals surface area contributed by atoms with Crippen molar-refractivity contribution in [1.29, 1.82) is 0 Å². The van der Waals surface area contributed by atoms with Gasteiger partial charge in [0.25, 0.3) is 0 Å². The lowest BCUT2D eigenvalue weighted by atomic mass is 10.2. The molecule has 0 saturated heterocycles. The highest BCUT2D eigenvalue weighted by molar-refractivity contribution is 5.97. The highest BCUT2D eigenvalue weighted by Crippen LogP contribution is 1.97. The van der Waals surface area contributed by atoms with E-state index in [0.29, 0.717) is 5.71 Å². The molecule has 1 aromatic rings. The predicted molar refractivity (Wildman–Crippen MR) is 37.2 cm³/mol. The van der Waals surface area contributed by atoms with Crippen LogP contribution >= 0.6 is 0 Å². The first kappa shape index (κ1) is 6.80. The van der Waals surface area contributed by atoms with Gasteiger partial charge in [-0.1, -0.05) is 5.16 Å². The van der Waals surface area contributed by atoms with Gasteiger partial charge in [-0.15, -0.1) is 0 Å². The number of hydrogen-bond donors (Lipinski definition) is 1. The van der Waals surface area contributed by atoms with Crippen molar-refractivity contribution in [2.75, 3.05) is 0 Å². The van der Waals surface area contributed by atoms with Crippen LogP contribution in [0.15, 0.2) is 17.5 Å². The first-order valence-corrected chi connectivity index (χ1v) is 2.91. The fourth-order valence-electron chi connectivity index (χ4n) is 0.666. The average Bonchev–Trinajstić information content (AvgIpc) is 2.34. The van der Waals surface area contributed by atoms with Crippen LogP contribution in [0.25, 0.3) is 0 Å². The van der Waals surface area contributed by atoms with Gasteiger partial charge in [-0.05, 0) is 6.92 Å². The van der Waals surface area contributed by atoms with E-state index in [1.54, 1.807) is 24.0 Å². The minimum absolute atomic E-state index is 0.577. The van der Waals surface area contributed by atoms with Gasteiger partial charge < -0.3 is 5.21 Å². The molecule has 0 atom stereocenters. The van der Waals surface area contributed by atoms with Crippen molar-refractivity contribution in [3.8, 4) is 0 Å². The number of hydrogen-bond acceptors (Lipinski definition) is 3. The molecule has 0 aliphatic rings. The molecule has 1 heterocycles. The van der Waals surface area contributed by atoms with Crippen molar-refractivity contribution >= 4 is 5.71 Å². The summed E-state index contributed by atoms with van der Waals surface area (Å²) in [5.41, 5.74) is 1.41. The summed E-state index contributed by atoms with van der Waals surface area (Å²) in [4.78, 5) is 0. The summed E-state index contributed by atoms with van der Waals surface area (Å²) >= 11 is 0. The molecular formula is C6H9N3O. The van der Waals surface area contributed by atoms with Crippen molar-refractivity contribution in [3.63, 3.8) is 0 Å². The summed E-state index contributed by atoms with van der Waals surface area (Å²) in [5.74, 6) is 0. The van der Waals surface area contributed by atoms with E-state index in [1.165, 1.54) is 0 Å². The smallest absolute Gasteiger partial charge is 0.0868 e. The Balaban J connectivity index is 2.95. The number of rotatable bonds is 1. The van der Waals surface area contributed by atoms with E-state index in [-0.39, 0.29) is 0 Å². The van der Waals surface area contributed by atoms with E-state index in [4.69, 9.17) is 5.21 Å². The van der Waals surface area contributed by atoms with E-state index in [0.717, 1.165) is 5.56 Å². The van der Waals surface area contributed by atoms with E-state index < -0.39 is 0 Å². The zero-order valence-corrected chi connectivity index (χ0v) is 5.94. The average molecular weight is 139 g/mol. The Kier molecular flexibility index (Phi) is 1.71. The Labute approximate surface area is 58.8 Å². The van der Waals surface area contributed by atoms with Gasteiger partial charge in [0.15, 0.2) is 0 Å². The summed E-state index contributed by atoms with van der Waals surface area (Å²) in [7, 11) is 1.81. The molecule has 0 unspecified atom stereocenters. The summed E-state index contributed by atoms with van der Waals surface area (Å²) < 4.78 is 1.66. The van der Waals surface area contributed by atoms with Crippen LogP contribution in [0.5, 0.6) is 0 Å². The van der Waals surface area contributed by atoms with Crippen molar-refractivity contribution in [1.82, 2.24) is 9.78 Å². The SMILES string of the molecule is C/C(=N/O)c1cnn(C)c1. The third-order valence-corrected chi connectivity index (χ3v) is 1.27. The van der Waals surface area contributed by atoms with Gasteiger partial charge in [0.2, 0.25) is 0 Å². The number of aromatic nitrogens is 2. The zero-order valence-electron chi connectivity index (χ0n) is 5.94. The summed E-state index contributed by atoms with van der Waals surface area (Å²) in [6, 6.07) is 0. The Morgan fingerprint density at radius 3 is 2.90 bits per heavy atom. The van der Waals surface area contributed by atoms with Crippen molar-refractivity contribution in [3.05, 3.63) is 18.0 Å². The predicted octanol–water partition coefficient (Wildman–Crippen LogP) is 0.618. The molecule has 0 aliphatic heterocycles. The number of aryl methyl sites for hydroxylation is 1. The Morgan fingerprint density at radius 1 is 1.80 bits per heavy atom. The molecule has 10 heavy (non-hydrogen) atoms. The minimum Gasteiger partial charge on any atom is -0.411 e. The molecule has 1 N–H and O–H groups in total. The fourth-order valence-corrected chi connectivity index (χ4v) is 0.666. The quantitative estimate of drug-likeness (QED) is 0.352. The molecule has 1 aromatic heterocycles. The summed E-state index contributed by atoms with van der Waals surface area (Å²) in [6.45, 7) is 1.72. The van der Waals surface area contributed by atoms with Crippen LogP contribution in [0.3, 0.4) is 0 Å². The molecule has 0 spiro atoms. The Bertz CT molecular complexity index is 251. The van der Waals surface area contributed by atoms with Gasteiger partial charge in [0.1, 0.15) is 0 Å². The van der Waals surface area contributed by atoms with Crippen LogP contribution in [0.1, 0.15) is 12.5 Å². The molecule has 4 heteroatoms. The minimum atomic E-state index is 0.577. The first-order chi connectivity index (χ1) is 4.74. The van der Waals surface area contributed by atoms with E-state index in [1.807, 2.05) is 7.05 Å². The lowest BCUT2D eigenvalue weighted by Crippen LogP contribution is -1.91. The van der Waals surface area contributed by atoms with Crippen LogP contribution in [0.2, 0.25) is 0 Å². The second kappa shape index (κ2) is 2.51. The second-order valence-electron chi connectivity index (χ2n) is 2.09. The zero-order chi connectivity index (χ0) is 7.56. The van der Waals surface area contributed by atoms with Gasteiger partial charge >= 0.3 is 0 Å². The molecule has 4 nitrogen and oxygen atoms in total. The standard InChI is InChI=1S/C6H9N3O/c1-5(8-10)6-3-7-9(2)4-6/h3-4,10H,1-2H3/b8-5-. The molecule has 0 amide bonds.